The molecule has 0 fully saturated rings. The van der Waals surface area contributed by atoms with Crippen LogP contribution in [0.4, 0.5) is 13.2 Å². The molecule has 2 aromatic rings. The summed E-state index contributed by atoms with van der Waals surface area (Å²) in [5.41, 5.74) is 3.27. The van der Waals surface area contributed by atoms with Gasteiger partial charge in [-0.15, -0.1) is 0 Å². The lowest BCUT2D eigenvalue weighted by Gasteiger charge is -2.09. The SMILES string of the molecule is O=C(/C=C/c1ccc(Cl)c(C(F)(F)F)c1)NNC(=O)c1ccco1. The maximum absolute atomic E-state index is 12.7. The van der Waals surface area contributed by atoms with Crippen molar-refractivity contribution in [3.63, 3.8) is 0 Å². The highest BCUT2D eigenvalue weighted by atomic mass is 35.5. The molecule has 9 heteroatoms. The van der Waals surface area contributed by atoms with Crippen molar-refractivity contribution in [2.75, 3.05) is 0 Å². The molecule has 1 aromatic carbocycles. The van der Waals surface area contributed by atoms with Crippen LogP contribution in [0.25, 0.3) is 6.08 Å². The monoisotopic (exact) mass is 358 g/mol. The summed E-state index contributed by atoms with van der Waals surface area (Å²) in [5, 5.41) is -0.435. The largest absolute Gasteiger partial charge is 0.459 e. The van der Waals surface area contributed by atoms with E-state index in [9.17, 15) is 22.8 Å². The molecule has 1 aromatic heterocycles. The normalized spacial score (nSPS) is 11.5. The third-order valence-corrected chi connectivity index (χ3v) is 3.10. The van der Waals surface area contributed by atoms with Crippen molar-refractivity contribution in [3.8, 4) is 0 Å². The van der Waals surface area contributed by atoms with E-state index in [1.807, 2.05) is 0 Å². The van der Waals surface area contributed by atoms with Gasteiger partial charge in [0, 0.05) is 6.08 Å². The van der Waals surface area contributed by atoms with E-state index < -0.39 is 28.6 Å². The molecule has 0 aliphatic heterocycles. The molecular formula is C15H10ClF3N2O3. The van der Waals surface area contributed by atoms with Crippen LogP contribution in [-0.2, 0) is 11.0 Å². The second-order valence-corrected chi connectivity index (χ2v) is 4.90. The second kappa shape index (κ2) is 7.22. The molecule has 0 radical (unpaired) electrons. The number of alkyl halides is 3. The highest BCUT2D eigenvalue weighted by Crippen LogP contribution is 2.35. The Morgan fingerprint density at radius 1 is 1.17 bits per heavy atom. The van der Waals surface area contributed by atoms with Crippen LogP contribution in [0, 0.1) is 0 Å². The van der Waals surface area contributed by atoms with Crippen LogP contribution in [0.15, 0.2) is 47.1 Å². The van der Waals surface area contributed by atoms with Gasteiger partial charge in [-0.25, -0.2) is 0 Å². The van der Waals surface area contributed by atoms with Crippen LogP contribution < -0.4 is 10.9 Å². The quantitative estimate of drug-likeness (QED) is 0.652. The van der Waals surface area contributed by atoms with Gasteiger partial charge in [-0.1, -0.05) is 17.7 Å². The predicted octanol–water partition coefficient (Wildman–Crippen LogP) is 3.43. The summed E-state index contributed by atoms with van der Waals surface area (Å²) in [7, 11) is 0. The molecule has 2 rings (SSSR count). The average Bonchev–Trinajstić information content (AvgIpc) is 3.05. The summed E-state index contributed by atoms with van der Waals surface area (Å²) in [6, 6.07) is 6.11. The Bertz CT molecular complexity index is 771. The number of nitrogens with one attached hydrogen (secondary N) is 2. The number of carbonyl (C=O) groups is 2. The van der Waals surface area contributed by atoms with Crippen LogP contribution in [0.5, 0.6) is 0 Å². The maximum Gasteiger partial charge on any atom is 0.417 e. The topological polar surface area (TPSA) is 71.3 Å². The van der Waals surface area contributed by atoms with Gasteiger partial charge in [-0.3, -0.25) is 20.4 Å². The minimum Gasteiger partial charge on any atom is -0.459 e. The number of amides is 2. The van der Waals surface area contributed by atoms with Crippen molar-refractivity contribution in [3.05, 3.63) is 64.6 Å². The molecule has 5 nitrogen and oxygen atoms in total. The van der Waals surface area contributed by atoms with Gasteiger partial charge in [0.25, 0.3) is 5.91 Å². The number of hydrogen-bond donors (Lipinski definition) is 2. The summed E-state index contributed by atoms with van der Waals surface area (Å²) in [4.78, 5) is 23.0. The Kier molecular flexibility index (Phi) is 5.30. The van der Waals surface area contributed by atoms with E-state index >= 15 is 0 Å². The lowest BCUT2D eigenvalue weighted by molar-refractivity contribution is -0.137. The van der Waals surface area contributed by atoms with Crippen LogP contribution in [0.3, 0.4) is 0 Å². The Hall–Kier alpha value is -2.74. The fourth-order valence-corrected chi connectivity index (χ4v) is 1.89. The van der Waals surface area contributed by atoms with E-state index in [2.05, 4.69) is 10.9 Å². The van der Waals surface area contributed by atoms with Crippen LogP contribution in [0.2, 0.25) is 5.02 Å². The molecule has 0 bridgehead atoms. The van der Waals surface area contributed by atoms with Crippen molar-refractivity contribution in [1.29, 1.82) is 0 Å². The highest BCUT2D eigenvalue weighted by Gasteiger charge is 2.33. The minimum absolute atomic E-state index is 0.00759. The van der Waals surface area contributed by atoms with E-state index in [1.54, 1.807) is 0 Å². The molecule has 0 unspecified atom stereocenters. The zero-order valence-electron chi connectivity index (χ0n) is 11.9. The van der Waals surface area contributed by atoms with Crippen molar-refractivity contribution >= 4 is 29.5 Å². The first-order valence-electron chi connectivity index (χ1n) is 6.46. The van der Waals surface area contributed by atoms with Gasteiger partial charge in [0.1, 0.15) is 0 Å². The summed E-state index contributed by atoms with van der Waals surface area (Å²) >= 11 is 5.50. The Morgan fingerprint density at radius 2 is 1.92 bits per heavy atom. The molecule has 2 N–H and O–H groups in total. The van der Waals surface area contributed by atoms with Gasteiger partial charge in [0.15, 0.2) is 5.76 Å². The number of hydrogen-bond acceptors (Lipinski definition) is 3. The van der Waals surface area contributed by atoms with Crippen molar-refractivity contribution in [2.24, 2.45) is 0 Å². The van der Waals surface area contributed by atoms with Gasteiger partial charge < -0.3 is 4.42 Å². The van der Waals surface area contributed by atoms with Gasteiger partial charge in [0.2, 0.25) is 0 Å². The molecule has 0 spiro atoms. The number of rotatable bonds is 3. The van der Waals surface area contributed by atoms with E-state index in [0.717, 1.165) is 24.3 Å². The first-order valence-corrected chi connectivity index (χ1v) is 6.84. The number of furan rings is 1. The zero-order valence-corrected chi connectivity index (χ0v) is 12.6. The molecular weight excluding hydrogens is 349 g/mol. The van der Waals surface area contributed by atoms with Crippen LogP contribution in [-0.4, -0.2) is 11.8 Å². The molecule has 24 heavy (non-hydrogen) atoms. The van der Waals surface area contributed by atoms with Crippen molar-refractivity contribution < 1.29 is 27.2 Å². The van der Waals surface area contributed by atoms with E-state index in [0.29, 0.717) is 0 Å². The first-order chi connectivity index (χ1) is 11.3. The van der Waals surface area contributed by atoms with Crippen LogP contribution in [0.1, 0.15) is 21.7 Å². The fourth-order valence-electron chi connectivity index (χ4n) is 1.67. The number of hydrazine groups is 1. The van der Waals surface area contributed by atoms with Gasteiger partial charge >= 0.3 is 12.1 Å². The summed E-state index contributed by atoms with van der Waals surface area (Å²) in [6.45, 7) is 0. The molecule has 2 amide bonds. The van der Waals surface area contributed by atoms with Crippen molar-refractivity contribution in [1.82, 2.24) is 10.9 Å². The lowest BCUT2D eigenvalue weighted by atomic mass is 10.1. The van der Waals surface area contributed by atoms with Gasteiger partial charge in [-0.05, 0) is 35.9 Å². The molecule has 1 heterocycles. The van der Waals surface area contributed by atoms with Gasteiger partial charge in [-0.2, -0.15) is 13.2 Å². The Labute approximate surface area is 139 Å². The zero-order chi connectivity index (χ0) is 17.7. The van der Waals surface area contributed by atoms with E-state index in [1.165, 1.54) is 24.5 Å². The molecule has 0 saturated carbocycles. The standard InChI is InChI=1S/C15H10ClF3N2O3/c16-11-5-3-9(8-10(11)15(17,18)19)4-6-13(22)20-21-14(23)12-2-1-7-24-12/h1-8H,(H,20,22)(H,21,23)/b6-4+. The molecule has 0 saturated heterocycles. The summed E-state index contributed by atoms with van der Waals surface area (Å²) in [5.74, 6) is -1.42. The third-order valence-electron chi connectivity index (χ3n) is 2.77. The highest BCUT2D eigenvalue weighted by molar-refractivity contribution is 6.31. The number of carbonyl (C=O) groups excluding carboxylic acids is 2. The fraction of sp³-hybridized carbons (Fsp3) is 0.0667. The Morgan fingerprint density at radius 3 is 2.54 bits per heavy atom. The molecule has 0 atom stereocenters. The predicted molar refractivity (Wildman–Crippen MR) is 79.8 cm³/mol. The summed E-state index contributed by atoms with van der Waals surface area (Å²) < 4.78 is 43.0. The maximum atomic E-state index is 12.7. The van der Waals surface area contributed by atoms with Crippen LogP contribution >= 0.6 is 11.6 Å². The molecule has 0 aliphatic carbocycles. The Balaban J connectivity index is 1.98. The van der Waals surface area contributed by atoms with Crippen molar-refractivity contribution in [2.45, 2.75) is 6.18 Å². The third kappa shape index (κ3) is 4.63. The van der Waals surface area contributed by atoms with E-state index in [-0.39, 0.29) is 11.3 Å². The second-order valence-electron chi connectivity index (χ2n) is 4.49. The minimum atomic E-state index is -4.60. The first kappa shape index (κ1) is 17.6. The summed E-state index contributed by atoms with van der Waals surface area (Å²) in [6.07, 6.45) is -1.19. The molecule has 0 aliphatic rings. The van der Waals surface area contributed by atoms with Gasteiger partial charge in [0.05, 0.1) is 16.8 Å². The number of halogens is 4. The van der Waals surface area contributed by atoms with E-state index in [4.69, 9.17) is 16.0 Å². The average molecular weight is 359 g/mol. The lowest BCUT2D eigenvalue weighted by Crippen LogP contribution is -2.40. The number of benzene rings is 1. The smallest absolute Gasteiger partial charge is 0.417 e. The molecule has 126 valence electrons.